The van der Waals surface area contributed by atoms with E-state index in [-0.39, 0.29) is 5.56 Å². The molecule has 2 heterocycles. The number of nitrogens with zero attached hydrogens (tertiary/aromatic N) is 3. The fourth-order valence-electron chi connectivity index (χ4n) is 2.52. The quantitative estimate of drug-likeness (QED) is 0.888. The molecule has 0 aromatic carbocycles. The topological polar surface area (TPSA) is 85.1 Å². The molecule has 0 aliphatic heterocycles. The lowest BCUT2D eigenvalue weighted by Gasteiger charge is -2.17. The summed E-state index contributed by atoms with van der Waals surface area (Å²) in [7, 11) is 0. The minimum Gasteiger partial charge on any atom is -0.480 e. The Bertz CT molecular complexity index is 719. The summed E-state index contributed by atoms with van der Waals surface area (Å²) >= 11 is 1.51. The number of aromatic nitrogens is 3. The fourth-order valence-corrected chi connectivity index (χ4v) is 3.84. The van der Waals surface area contributed by atoms with Gasteiger partial charge >= 0.3 is 5.97 Å². The average molecular weight is 279 g/mol. The molecule has 2 aromatic heterocycles. The molecule has 0 fully saturated rings. The van der Waals surface area contributed by atoms with E-state index in [0.29, 0.717) is 16.1 Å². The second kappa shape index (κ2) is 4.41. The van der Waals surface area contributed by atoms with Crippen molar-refractivity contribution < 1.29 is 9.90 Å². The molecule has 2 aromatic rings. The third-order valence-corrected chi connectivity index (χ3v) is 4.61. The lowest BCUT2D eigenvalue weighted by atomic mass is 9.89. The molecule has 1 aliphatic rings. The van der Waals surface area contributed by atoms with Gasteiger partial charge in [-0.1, -0.05) is 12.1 Å². The molecule has 1 atom stereocenters. The summed E-state index contributed by atoms with van der Waals surface area (Å²) in [6.45, 7) is 1.75. The molecule has 0 unspecified atom stereocenters. The predicted molar refractivity (Wildman–Crippen MR) is 70.5 cm³/mol. The lowest BCUT2D eigenvalue weighted by molar-refractivity contribution is -0.138. The van der Waals surface area contributed by atoms with Crippen LogP contribution in [0.2, 0.25) is 0 Å². The van der Waals surface area contributed by atoms with Crippen LogP contribution in [0.25, 0.3) is 10.2 Å². The summed E-state index contributed by atoms with van der Waals surface area (Å²) in [6, 6.07) is 0. The SMILES string of the molecule is C[C@H]1CCc2c(sc3nnn(CC(=O)O)c(=O)c23)C1. The highest BCUT2D eigenvalue weighted by Gasteiger charge is 2.23. The third-order valence-electron chi connectivity index (χ3n) is 3.47. The van der Waals surface area contributed by atoms with Crippen LogP contribution in [0.15, 0.2) is 4.79 Å². The standard InChI is InChI=1S/C12H13N3O3S/c1-6-2-3-7-8(4-6)19-11-10(7)12(18)15(14-13-11)5-9(16)17/h6H,2-5H2,1H3,(H,16,17)/t6-/m0/s1. The number of aryl methyl sites for hydroxylation is 1. The molecule has 6 nitrogen and oxygen atoms in total. The first-order chi connectivity index (χ1) is 9.06. The van der Waals surface area contributed by atoms with Crippen molar-refractivity contribution in [3.8, 4) is 0 Å². The number of hydrogen-bond donors (Lipinski definition) is 1. The Balaban J connectivity index is 2.20. The molecule has 100 valence electrons. The Morgan fingerprint density at radius 1 is 1.58 bits per heavy atom. The van der Waals surface area contributed by atoms with E-state index in [4.69, 9.17) is 5.11 Å². The first-order valence-corrected chi connectivity index (χ1v) is 6.97. The number of carboxylic acid groups (broad SMARTS) is 1. The number of carbonyl (C=O) groups is 1. The lowest BCUT2D eigenvalue weighted by Crippen LogP contribution is -2.28. The fraction of sp³-hybridized carbons (Fsp3) is 0.500. The number of carboxylic acids is 1. The first-order valence-electron chi connectivity index (χ1n) is 6.16. The molecule has 0 saturated carbocycles. The Morgan fingerprint density at radius 2 is 2.37 bits per heavy atom. The number of thiophene rings is 1. The minimum atomic E-state index is -1.09. The van der Waals surface area contributed by atoms with E-state index >= 15 is 0 Å². The Morgan fingerprint density at radius 3 is 3.11 bits per heavy atom. The second-order valence-corrected chi connectivity index (χ2v) is 6.06. The molecule has 7 heteroatoms. The Kier molecular flexibility index (Phi) is 2.85. The number of fused-ring (bicyclic) bond motifs is 3. The van der Waals surface area contributed by atoms with Crippen LogP contribution < -0.4 is 5.56 Å². The Labute approximate surface area is 112 Å². The molecular formula is C12H13N3O3S. The van der Waals surface area contributed by atoms with Crippen molar-refractivity contribution in [2.24, 2.45) is 5.92 Å². The van der Waals surface area contributed by atoms with Crippen LogP contribution in [0, 0.1) is 5.92 Å². The summed E-state index contributed by atoms with van der Waals surface area (Å²) in [5, 5.41) is 17.0. The molecule has 3 rings (SSSR count). The number of aliphatic carboxylic acids is 1. The smallest absolute Gasteiger partial charge is 0.325 e. The van der Waals surface area contributed by atoms with E-state index in [1.165, 1.54) is 16.2 Å². The van der Waals surface area contributed by atoms with Gasteiger partial charge in [0, 0.05) is 4.88 Å². The van der Waals surface area contributed by atoms with Crippen LogP contribution in [0.1, 0.15) is 23.8 Å². The van der Waals surface area contributed by atoms with E-state index in [2.05, 4.69) is 17.2 Å². The van der Waals surface area contributed by atoms with Gasteiger partial charge in [0.1, 0.15) is 6.54 Å². The largest absolute Gasteiger partial charge is 0.480 e. The van der Waals surface area contributed by atoms with Crippen LogP contribution in [0.3, 0.4) is 0 Å². The van der Waals surface area contributed by atoms with Crippen molar-refractivity contribution in [1.29, 1.82) is 0 Å². The maximum absolute atomic E-state index is 12.3. The van der Waals surface area contributed by atoms with Gasteiger partial charge in [-0.15, -0.1) is 16.4 Å². The minimum absolute atomic E-state index is 0.334. The second-order valence-electron chi connectivity index (χ2n) is 4.98. The van der Waals surface area contributed by atoms with Gasteiger partial charge in [0.2, 0.25) is 0 Å². The van der Waals surface area contributed by atoms with E-state index in [9.17, 15) is 9.59 Å². The van der Waals surface area contributed by atoms with Crippen LogP contribution >= 0.6 is 11.3 Å². The highest BCUT2D eigenvalue weighted by molar-refractivity contribution is 7.18. The van der Waals surface area contributed by atoms with Crippen molar-refractivity contribution >= 4 is 27.5 Å². The zero-order valence-electron chi connectivity index (χ0n) is 10.4. The summed E-state index contributed by atoms with van der Waals surface area (Å²) in [6.07, 6.45) is 2.89. The number of hydrogen-bond acceptors (Lipinski definition) is 5. The van der Waals surface area contributed by atoms with Gasteiger partial charge in [-0.25, -0.2) is 0 Å². The van der Waals surface area contributed by atoms with Crippen LogP contribution in [-0.2, 0) is 24.2 Å². The van der Waals surface area contributed by atoms with Gasteiger partial charge in [0.25, 0.3) is 5.56 Å². The maximum Gasteiger partial charge on any atom is 0.325 e. The van der Waals surface area contributed by atoms with Crippen molar-refractivity contribution in [3.05, 3.63) is 20.8 Å². The highest BCUT2D eigenvalue weighted by atomic mass is 32.1. The summed E-state index contributed by atoms with van der Waals surface area (Å²) in [4.78, 5) is 24.8. The highest BCUT2D eigenvalue weighted by Crippen LogP contribution is 2.35. The van der Waals surface area contributed by atoms with Crippen molar-refractivity contribution in [2.45, 2.75) is 32.7 Å². The average Bonchev–Trinajstić information content (AvgIpc) is 2.70. The molecule has 0 saturated heterocycles. The molecular weight excluding hydrogens is 266 g/mol. The molecule has 0 bridgehead atoms. The van der Waals surface area contributed by atoms with E-state index in [1.807, 2.05) is 0 Å². The van der Waals surface area contributed by atoms with E-state index in [1.54, 1.807) is 0 Å². The van der Waals surface area contributed by atoms with Gasteiger partial charge in [0.05, 0.1) is 5.39 Å². The molecule has 0 amide bonds. The summed E-state index contributed by atoms with van der Waals surface area (Å²) < 4.78 is 0.926. The van der Waals surface area contributed by atoms with Gasteiger partial charge in [-0.3, -0.25) is 9.59 Å². The van der Waals surface area contributed by atoms with Crippen molar-refractivity contribution in [3.63, 3.8) is 0 Å². The Hall–Kier alpha value is -1.76. The van der Waals surface area contributed by atoms with Gasteiger partial charge in [-0.2, -0.15) is 4.68 Å². The molecule has 19 heavy (non-hydrogen) atoms. The molecule has 1 aliphatic carbocycles. The first kappa shape index (κ1) is 12.3. The summed E-state index contributed by atoms with van der Waals surface area (Å²) in [5.41, 5.74) is 0.719. The molecule has 0 radical (unpaired) electrons. The van der Waals surface area contributed by atoms with Crippen LogP contribution in [0.5, 0.6) is 0 Å². The van der Waals surface area contributed by atoms with Crippen LogP contribution in [0.4, 0.5) is 0 Å². The third kappa shape index (κ3) is 2.03. The van der Waals surface area contributed by atoms with Gasteiger partial charge in [-0.05, 0) is 30.7 Å². The normalized spacial score (nSPS) is 18.5. The van der Waals surface area contributed by atoms with E-state index in [0.717, 1.165) is 29.5 Å². The predicted octanol–water partition coefficient (Wildman–Crippen LogP) is 1.06. The van der Waals surface area contributed by atoms with Gasteiger partial charge in [0.15, 0.2) is 4.83 Å². The monoisotopic (exact) mass is 279 g/mol. The van der Waals surface area contributed by atoms with Gasteiger partial charge < -0.3 is 5.11 Å². The van der Waals surface area contributed by atoms with E-state index < -0.39 is 12.5 Å². The molecule has 1 N–H and O–H groups in total. The van der Waals surface area contributed by atoms with Crippen molar-refractivity contribution in [1.82, 2.24) is 15.0 Å². The van der Waals surface area contributed by atoms with Crippen LogP contribution in [-0.4, -0.2) is 26.1 Å². The zero-order valence-corrected chi connectivity index (χ0v) is 11.2. The molecule has 0 spiro atoms. The summed E-state index contributed by atoms with van der Waals surface area (Å²) in [5.74, 6) is -0.469. The van der Waals surface area contributed by atoms with Crippen molar-refractivity contribution in [2.75, 3.05) is 0 Å². The zero-order chi connectivity index (χ0) is 13.6. The maximum atomic E-state index is 12.3. The number of rotatable bonds is 2.